The first-order chi connectivity index (χ1) is 13.0. The van der Waals surface area contributed by atoms with Crippen molar-refractivity contribution in [3.8, 4) is 5.75 Å². The fourth-order valence-corrected chi connectivity index (χ4v) is 3.69. The number of nitrogen functional groups attached to an aromatic ring is 1. The number of benzene rings is 1. The van der Waals surface area contributed by atoms with Crippen LogP contribution in [-0.2, 0) is 4.74 Å². The van der Waals surface area contributed by atoms with Gasteiger partial charge in [0, 0.05) is 50.9 Å². The molecule has 0 bridgehead atoms. The van der Waals surface area contributed by atoms with Gasteiger partial charge in [-0.3, -0.25) is 15.7 Å². The maximum atomic E-state index is 8.23. The van der Waals surface area contributed by atoms with Crippen LogP contribution in [0, 0.1) is 10.8 Å². The Labute approximate surface area is 160 Å². The van der Waals surface area contributed by atoms with Crippen LogP contribution in [0.25, 0.3) is 0 Å². The van der Waals surface area contributed by atoms with E-state index in [-0.39, 0.29) is 11.9 Å². The van der Waals surface area contributed by atoms with Gasteiger partial charge in [0.15, 0.2) is 0 Å². The molecule has 2 fully saturated rings. The maximum Gasteiger partial charge on any atom is 0.291 e. The Bertz CT molecular complexity index is 679. The molecule has 2 aliphatic heterocycles. The summed E-state index contributed by atoms with van der Waals surface area (Å²) in [6, 6.07) is 5.66. The Hall–Kier alpha value is -2.32. The second kappa shape index (κ2) is 8.58. The number of nitrogens with two attached hydrogens (primary N) is 1. The van der Waals surface area contributed by atoms with Crippen molar-refractivity contribution in [3.63, 3.8) is 0 Å². The third kappa shape index (κ3) is 4.70. The summed E-state index contributed by atoms with van der Waals surface area (Å²) in [7, 11) is 3.71. The molecule has 8 heteroatoms. The minimum atomic E-state index is -0.0699. The van der Waals surface area contributed by atoms with Crippen molar-refractivity contribution in [2.75, 3.05) is 59.2 Å². The van der Waals surface area contributed by atoms with Crippen molar-refractivity contribution in [2.24, 2.45) is 0 Å². The summed E-state index contributed by atoms with van der Waals surface area (Å²) in [5, 5.41) is 16.4. The summed E-state index contributed by atoms with van der Waals surface area (Å²) in [6.07, 6.45) is 2.05. The van der Waals surface area contributed by atoms with Crippen molar-refractivity contribution >= 4 is 17.6 Å². The third-order valence-corrected chi connectivity index (χ3v) is 5.50. The van der Waals surface area contributed by atoms with Crippen molar-refractivity contribution in [2.45, 2.75) is 18.9 Å². The van der Waals surface area contributed by atoms with E-state index >= 15 is 0 Å². The molecule has 8 nitrogen and oxygen atoms in total. The highest BCUT2D eigenvalue weighted by Gasteiger charge is 2.28. The van der Waals surface area contributed by atoms with Crippen molar-refractivity contribution < 1.29 is 9.47 Å². The van der Waals surface area contributed by atoms with Gasteiger partial charge in [0.2, 0.25) is 5.90 Å². The average molecular weight is 374 g/mol. The topological polar surface area (TPSA) is 102 Å². The number of ether oxygens (including phenoxy) is 2. The number of anilines is 1. The standard InChI is InChI=1S/C19H30N6O2/c1-23-9-11-24(12-10-23)15-5-7-25(8-6-15)19(22)27-18(21)14-3-4-16(20)17(13-14)26-2/h3-4,13,15,21-22H,5-12,20H2,1-2H3. The van der Waals surface area contributed by atoms with Crippen molar-refractivity contribution in [1.29, 1.82) is 10.8 Å². The fourth-order valence-electron chi connectivity index (χ4n) is 3.69. The Morgan fingerprint density at radius 3 is 2.37 bits per heavy atom. The fraction of sp³-hybridized carbons (Fsp3) is 0.579. The number of piperazine rings is 1. The normalized spacial score (nSPS) is 19.7. The molecule has 1 aromatic rings. The van der Waals surface area contributed by atoms with Gasteiger partial charge in [-0.05, 0) is 38.1 Å². The first kappa shape index (κ1) is 19.4. The Morgan fingerprint density at radius 2 is 1.74 bits per heavy atom. The molecule has 3 rings (SSSR count). The van der Waals surface area contributed by atoms with Gasteiger partial charge in [0.25, 0.3) is 6.02 Å². The van der Waals surface area contributed by atoms with E-state index in [1.165, 1.54) is 7.11 Å². The van der Waals surface area contributed by atoms with E-state index in [1.54, 1.807) is 18.2 Å². The highest BCUT2D eigenvalue weighted by Crippen LogP contribution is 2.23. The lowest BCUT2D eigenvalue weighted by Crippen LogP contribution is -2.53. The van der Waals surface area contributed by atoms with Gasteiger partial charge in [-0.15, -0.1) is 0 Å². The summed E-state index contributed by atoms with van der Waals surface area (Å²) in [5.41, 5.74) is 6.86. The molecule has 0 aliphatic carbocycles. The Balaban J connectivity index is 1.50. The van der Waals surface area contributed by atoms with Crippen molar-refractivity contribution in [3.05, 3.63) is 23.8 Å². The van der Waals surface area contributed by atoms with Crippen LogP contribution < -0.4 is 10.5 Å². The van der Waals surface area contributed by atoms with E-state index in [0.717, 1.165) is 52.1 Å². The first-order valence-electron chi connectivity index (χ1n) is 9.44. The molecule has 27 heavy (non-hydrogen) atoms. The molecule has 2 heterocycles. The van der Waals surface area contributed by atoms with E-state index in [0.29, 0.717) is 23.0 Å². The van der Waals surface area contributed by atoms with Crippen LogP contribution in [0.5, 0.6) is 5.75 Å². The van der Waals surface area contributed by atoms with Gasteiger partial charge in [-0.2, -0.15) is 0 Å². The second-order valence-corrected chi connectivity index (χ2v) is 7.25. The lowest BCUT2D eigenvalue weighted by atomic mass is 10.0. The predicted octanol–water partition coefficient (Wildman–Crippen LogP) is 1.27. The Morgan fingerprint density at radius 1 is 1.07 bits per heavy atom. The smallest absolute Gasteiger partial charge is 0.291 e. The number of amidine groups is 1. The molecule has 0 saturated carbocycles. The minimum absolute atomic E-state index is 0.0348. The van der Waals surface area contributed by atoms with E-state index in [2.05, 4.69) is 16.8 Å². The zero-order chi connectivity index (χ0) is 19.4. The van der Waals surface area contributed by atoms with Gasteiger partial charge in [-0.1, -0.05) is 0 Å². The zero-order valence-corrected chi connectivity index (χ0v) is 16.2. The second-order valence-electron chi connectivity index (χ2n) is 7.25. The number of hydrogen-bond acceptors (Lipinski definition) is 7. The van der Waals surface area contributed by atoms with Crippen LogP contribution in [-0.4, -0.2) is 86.1 Å². The van der Waals surface area contributed by atoms with Crippen molar-refractivity contribution in [1.82, 2.24) is 14.7 Å². The Kier molecular flexibility index (Phi) is 6.18. The van der Waals surface area contributed by atoms with Crippen LogP contribution in [0.2, 0.25) is 0 Å². The van der Waals surface area contributed by atoms with Gasteiger partial charge in [-0.25, -0.2) is 0 Å². The summed E-state index contributed by atoms with van der Waals surface area (Å²) in [4.78, 5) is 6.85. The lowest BCUT2D eigenvalue weighted by Gasteiger charge is -2.42. The van der Waals surface area contributed by atoms with Gasteiger partial charge < -0.3 is 25.0 Å². The first-order valence-corrected chi connectivity index (χ1v) is 9.44. The predicted molar refractivity (Wildman–Crippen MR) is 107 cm³/mol. The quantitative estimate of drug-likeness (QED) is 0.418. The van der Waals surface area contributed by atoms with Crippen LogP contribution in [0.1, 0.15) is 18.4 Å². The molecule has 2 aliphatic rings. The molecule has 1 aromatic carbocycles. The van der Waals surface area contributed by atoms with E-state index in [9.17, 15) is 0 Å². The monoisotopic (exact) mass is 374 g/mol. The number of nitrogens with one attached hydrogen (secondary N) is 2. The molecule has 0 aromatic heterocycles. The molecule has 0 amide bonds. The van der Waals surface area contributed by atoms with Crippen LogP contribution >= 0.6 is 0 Å². The molecule has 2 saturated heterocycles. The minimum Gasteiger partial charge on any atom is -0.495 e. The van der Waals surface area contributed by atoms with E-state index in [4.69, 9.17) is 26.0 Å². The largest absolute Gasteiger partial charge is 0.495 e. The summed E-state index contributed by atoms with van der Waals surface area (Å²) in [5.74, 6) is 0.430. The molecule has 0 radical (unpaired) electrons. The lowest BCUT2D eigenvalue weighted by molar-refractivity contribution is 0.0786. The number of methoxy groups -OCH3 is 1. The number of likely N-dealkylation sites (tertiary alicyclic amines) is 1. The molecular formula is C19H30N6O2. The number of likely N-dealkylation sites (N-methyl/N-ethyl adjacent to an activating group) is 1. The van der Waals surface area contributed by atoms with Crippen LogP contribution in [0.15, 0.2) is 18.2 Å². The molecule has 0 atom stereocenters. The highest BCUT2D eigenvalue weighted by atomic mass is 16.5. The van der Waals surface area contributed by atoms with E-state index in [1.807, 2.05) is 4.90 Å². The van der Waals surface area contributed by atoms with Crippen LogP contribution in [0.3, 0.4) is 0 Å². The van der Waals surface area contributed by atoms with E-state index < -0.39 is 0 Å². The summed E-state index contributed by atoms with van der Waals surface area (Å²) < 4.78 is 10.7. The SMILES string of the molecule is COc1cc(C(=N)OC(=N)N2CCC(N3CCN(C)CC3)CC2)ccc1N. The number of hydrogen-bond donors (Lipinski definition) is 3. The number of piperidine rings is 1. The molecular weight excluding hydrogens is 344 g/mol. The zero-order valence-electron chi connectivity index (χ0n) is 16.2. The summed E-state index contributed by atoms with van der Waals surface area (Å²) >= 11 is 0. The summed E-state index contributed by atoms with van der Waals surface area (Å²) in [6.45, 7) is 6.07. The molecule has 0 spiro atoms. The molecule has 0 unspecified atom stereocenters. The number of rotatable bonds is 3. The van der Waals surface area contributed by atoms with Gasteiger partial charge >= 0.3 is 0 Å². The third-order valence-electron chi connectivity index (χ3n) is 5.50. The maximum absolute atomic E-state index is 8.23. The van der Waals surface area contributed by atoms with Gasteiger partial charge in [0.05, 0.1) is 12.8 Å². The van der Waals surface area contributed by atoms with Crippen LogP contribution in [0.4, 0.5) is 5.69 Å². The number of nitrogens with zero attached hydrogens (tertiary/aromatic N) is 3. The average Bonchev–Trinajstić information content (AvgIpc) is 2.69. The molecule has 148 valence electrons. The van der Waals surface area contributed by atoms with Gasteiger partial charge in [0.1, 0.15) is 5.75 Å². The molecule has 4 N–H and O–H groups in total. The highest BCUT2D eigenvalue weighted by molar-refractivity contribution is 5.99.